The lowest BCUT2D eigenvalue weighted by atomic mass is 10.3. The summed E-state index contributed by atoms with van der Waals surface area (Å²) < 4.78 is 4.92. The number of nitrogens with zero attached hydrogens (tertiary/aromatic N) is 1. The Kier molecular flexibility index (Phi) is 3.42. The minimum absolute atomic E-state index is 0.245. The lowest BCUT2D eigenvalue weighted by Gasteiger charge is -1.99. The fourth-order valence-corrected chi connectivity index (χ4v) is 1.97. The van der Waals surface area contributed by atoms with Gasteiger partial charge in [0.15, 0.2) is 0 Å². The number of aryl methyl sites for hydroxylation is 2. The number of hydrogen-bond acceptors (Lipinski definition) is 4. The second kappa shape index (κ2) is 4.37. The van der Waals surface area contributed by atoms with Crippen LogP contribution < -0.4 is 0 Å². The molecule has 0 atom stereocenters. The van der Waals surface area contributed by atoms with Crippen LogP contribution in [0.4, 0.5) is 0 Å². The topological polar surface area (TPSA) is 39.2 Å². The summed E-state index contributed by atoms with van der Waals surface area (Å²) in [6.07, 6.45) is 0.776. The van der Waals surface area contributed by atoms with E-state index in [1.54, 1.807) is 6.92 Å². The average Bonchev–Trinajstić information content (AvgIpc) is 2.47. The average molecular weight is 199 g/mol. The normalized spacial score (nSPS) is 10.1. The zero-order chi connectivity index (χ0) is 9.84. The lowest BCUT2D eigenvalue weighted by Crippen LogP contribution is -2.05. The highest BCUT2D eigenvalue weighted by Gasteiger charge is 2.15. The Morgan fingerprint density at radius 1 is 1.54 bits per heavy atom. The molecule has 72 valence electrons. The van der Waals surface area contributed by atoms with Crippen molar-refractivity contribution in [1.82, 2.24) is 4.98 Å². The minimum atomic E-state index is -0.245. The van der Waals surface area contributed by atoms with Gasteiger partial charge in [0.05, 0.1) is 17.3 Å². The van der Waals surface area contributed by atoms with Crippen molar-refractivity contribution in [2.24, 2.45) is 0 Å². The molecule has 0 bridgehead atoms. The smallest absolute Gasteiger partial charge is 0.350 e. The zero-order valence-corrected chi connectivity index (χ0v) is 8.90. The van der Waals surface area contributed by atoms with Crippen molar-refractivity contribution in [3.8, 4) is 0 Å². The second-order valence-electron chi connectivity index (χ2n) is 2.58. The van der Waals surface area contributed by atoms with Gasteiger partial charge in [0.2, 0.25) is 0 Å². The third kappa shape index (κ3) is 2.28. The van der Waals surface area contributed by atoms with Gasteiger partial charge in [0.1, 0.15) is 4.88 Å². The summed E-state index contributed by atoms with van der Waals surface area (Å²) in [4.78, 5) is 16.3. The van der Waals surface area contributed by atoms with E-state index in [0.717, 1.165) is 17.1 Å². The molecule has 0 aliphatic rings. The molecule has 0 amide bonds. The van der Waals surface area contributed by atoms with Crippen LogP contribution in [0, 0.1) is 6.92 Å². The molecule has 0 saturated heterocycles. The molecule has 0 aromatic carbocycles. The second-order valence-corrected chi connectivity index (χ2v) is 3.79. The van der Waals surface area contributed by atoms with Gasteiger partial charge in [-0.15, -0.1) is 11.3 Å². The monoisotopic (exact) mass is 199 g/mol. The molecule has 1 rings (SSSR count). The lowest BCUT2D eigenvalue weighted by molar-refractivity contribution is 0.0530. The van der Waals surface area contributed by atoms with Crippen LogP contribution in [0.5, 0.6) is 0 Å². The van der Waals surface area contributed by atoms with Crippen LogP contribution in [0.1, 0.15) is 34.2 Å². The molecule has 1 aromatic rings. The highest BCUT2D eigenvalue weighted by atomic mass is 32.1. The fraction of sp³-hybridized carbons (Fsp3) is 0.556. The predicted octanol–water partition coefficient (Wildman–Crippen LogP) is 2.19. The van der Waals surface area contributed by atoms with Crippen molar-refractivity contribution >= 4 is 17.3 Å². The molecule has 1 heterocycles. The third-order valence-electron chi connectivity index (χ3n) is 1.60. The van der Waals surface area contributed by atoms with E-state index in [9.17, 15) is 4.79 Å². The van der Waals surface area contributed by atoms with Gasteiger partial charge in [-0.05, 0) is 20.3 Å². The fourth-order valence-electron chi connectivity index (χ4n) is 1.07. The van der Waals surface area contributed by atoms with Crippen molar-refractivity contribution in [1.29, 1.82) is 0 Å². The number of aromatic nitrogens is 1. The van der Waals surface area contributed by atoms with E-state index in [2.05, 4.69) is 4.98 Å². The van der Waals surface area contributed by atoms with Crippen LogP contribution in [0.15, 0.2) is 0 Å². The maximum Gasteiger partial charge on any atom is 0.350 e. The first-order valence-electron chi connectivity index (χ1n) is 4.32. The third-order valence-corrected chi connectivity index (χ3v) is 2.59. The van der Waals surface area contributed by atoms with Crippen molar-refractivity contribution in [2.45, 2.75) is 27.2 Å². The molecule has 13 heavy (non-hydrogen) atoms. The molecule has 0 spiro atoms. The van der Waals surface area contributed by atoms with Gasteiger partial charge < -0.3 is 4.74 Å². The highest BCUT2D eigenvalue weighted by molar-refractivity contribution is 7.13. The summed E-state index contributed by atoms with van der Waals surface area (Å²) in [5, 5.41) is 0.917. The highest BCUT2D eigenvalue weighted by Crippen LogP contribution is 2.19. The van der Waals surface area contributed by atoms with Gasteiger partial charge in [0, 0.05) is 0 Å². The number of rotatable bonds is 3. The number of carbonyl (C=O) groups is 1. The summed E-state index contributed by atoms with van der Waals surface area (Å²) in [5.74, 6) is -0.245. The van der Waals surface area contributed by atoms with Crippen LogP contribution in [0.2, 0.25) is 0 Å². The summed E-state index contributed by atoms with van der Waals surface area (Å²) in [7, 11) is 0. The van der Waals surface area contributed by atoms with E-state index >= 15 is 0 Å². The number of hydrogen-bond donors (Lipinski definition) is 0. The quantitative estimate of drug-likeness (QED) is 0.700. The zero-order valence-electron chi connectivity index (χ0n) is 8.09. The van der Waals surface area contributed by atoms with Crippen LogP contribution in [0.3, 0.4) is 0 Å². The first-order chi connectivity index (χ1) is 6.19. The largest absolute Gasteiger partial charge is 0.462 e. The van der Waals surface area contributed by atoms with Crippen LogP contribution in [0.25, 0.3) is 0 Å². The standard InChI is InChI=1S/C9H13NO2S/c1-4-7-8(9(11)12-5-2)13-6(3)10-7/h4-5H2,1-3H3. The molecule has 0 N–H and O–H groups in total. The number of ether oxygens (including phenoxy) is 1. The van der Waals surface area contributed by atoms with Crippen LogP contribution >= 0.6 is 11.3 Å². The first kappa shape index (κ1) is 10.2. The SMILES string of the molecule is CCOC(=O)c1sc(C)nc1CC. The Morgan fingerprint density at radius 2 is 2.23 bits per heavy atom. The Balaban J connectivity index is 2.91. The molecular formula is C9H13NO2S. The summed E-state index contributed by atoms with van der Waals surface area (Å²) >= 11 is 1.40. The Hall–Kier alpha value is -0.900. The van der Waals surface area contributed by atoms with Crippen molar-refractivity contribution in [3.63, 3.8) is 0 Å². The molecule has 1 aromatic heterocycles. The molecule has 4 heteroatoms. The van der Waals surface area contributed by atoms with Gasteiger partial charge in [-0.1, -0.05) is 6.92 Å². The molecule has 0 saturated carbocycles. The van der Waals surface area contributed by atoms with Gasteiger partial charge in [-0.25, -0.2) is 9.78 Å². The van der Waals surface area contributed by atoms with E-state index < -0.39 is 0 Å². The van der Waals surface area contributed by atoms with E-state index in [1.165, 1.54) is 11.3 Å². The molecule has 0 aliphatic carbocycles. The number of esters is 1. The van der Waals surface area contributed by atoms with E-state index in [4.69, 9.17) is 4.74 Å². The molecule has 0 fully saturated rings. The van der Waals surface area contributed by atoms with E-state index in [-0.39, 0.29) is 5.97 Å². The van der Waals surface area contributed by atoms with Gasteiger partial charge in [-0.2, -0.15) is 0 Å². The first-order valence-corrected chi connectivity index (χ1v) is 5.14. The van der Waals surface area contributed by atoms with E-state index in [0.29, 0.717) is 11.5 Å². The molecular weight excluding hydrogens is 186 g/mol. The van der Waals surface area contributed by atoms with Crippen molar-refractivity contribution in [3.05, 3.63) is 15.6 Å². The maximum atomic E-state index is 11.4. The van der Waals surface area contributed by atoms with Crippen molar-refractivity contribution < 1.29 is 9.53 Å². The van der Waals surface area contributed by atoms with Gasteiger partial charge in [0.25, 0.3) is 0 Å². The van der Waals surface area contributed by atoms with Crippen LogP contribution in [-0.4, -0.2) is 17.6 Å². The molecule has 0 unspecified atom stereocenters. The molecule has 3 nitrogen and oxygen atoms in total. The van der Waals surface area contributed by atoms with E-state index in [1.807, 2.05) is 13.8 Å². The van der Waals surface area contributed by atoms with Crippen molar-refractivity contribution in [2.75, 3.05) is 6.61 Å². The Bertz CT molecular complexity index is 307. The van der Waals surface area contributed by atoms with Crippen LogP contribution in [-0.2, 0) is 11.2 Å². The summed E-state index contributed by atoms with van der Waals surface area (Å²) in [5.41, 5.74) is 0.848. The Labute approximate surface area is 81.8 Å². The van der Waals surface area contributed by atoms with Gasteiger partial charge >= 0.3 is 5.97 Å². The van der Waals surface area contributed by atoms with Gasteiger partial charge in [-0.3, -0.25) is 0 Å². The molecule has 0 radical (unpaired) electrons. The summed E-state index contributed by atoms with van der Waals surface area (Å²) in [6, 6.07) is 0. The molecule has 0 aliphatic heterocycles. The summed E-state index contributed by atoms with van der Waals surface area (Å²) in [6.45, 7) is 6.10. The number of carbonyl (C=O) groups excluding carboxylic acids is 1. The number of thiazole rings is 1. The predicted molar refractivity (Wildman–Crippen MR) is 52.2 cm³/mol. The minimum Gasteiger partial charge on any atom is -0.462 e. The Morgan fingerprint density at radius 3 is 2.77 bits per heavy atom. The maximum absolute atomic E-state index is 11.4.